The van der Waals surface area contributed by atoms with Gasteiger partial charge in [0.15, 0.2) is 0 Å². The number of para-hydroxylation sites is 1. The molecule has 3 aromatic carbocycles. The molecule has 0 spiro atoms. The zero-order valence-electron chi connectivity index (χ0n) is 17.8. The number of ether oxygens (including phenoxy) is 1. The van der Waals surface area contributed by atoms with Crippen molar-refractivity contribution in [3.8, 4) is 5.75 Å². The highest BCUT2D eigenvalue weighted by Crippen LogP contribution is 2.25. The first-order valence-corrected chi connectivity index (χ1v) is 10.9. The van der Waals surface area contributed by atoms with Gasteiger partial charge < -0.3 is 10.1 Å². The topological polar surface area (TPSA) is 21.3 Å². The molecule has 0 saturated carbocycles. The van der Waals surface area contributed by atoms with Crippen molar-refractivity contribution in [3.05, 3.63) is 84.3 Å². The maximum absolute atomic E-state index is 5.46. The van der Waals surface area contributed by atoms with E-state index in [9.17, 15) is 0 Å². The van der Waals surface area contributed by atoms with Crippen molar-refractivity contribution in [3.63, 3.8) is 0 Å². The van der Waals surface area contributed by atoms with E-state index in [-0.39, 0.29) is 0 Å². The molecule has 153 valence electrons. The number of fused-ring (bicyclic) bond motifs is 1. The molecular formula is C27H34NO. The Balaban J connectivity index is 1.50. The fraction of sp³-hybridized carbons (Fsp3) is 0.370. The molecule has 1 N–H and O–H groups in total. The summed E-state index contributed by atoms with van der Waals surface area (Å²) in [4.78, 5) is 0. The van der Waals surface area contributed by atoms with Crippen molar-refractivity contribution in [1.82, 2.24) is 5.32 Å². The van der Waals surface area contributed by atoms with Crippen LogP contribution in [0, 0.1) is 6.92 Å². The van der Waals surface area contributed by atoms with Gasteiger partial charge in [-0.25, -0.2) is 0 Å². The lowest BCUT2D eigenvalue weighted by molar-refractivity contribution is 0.408. The van der Waals surface area contributed by atoms with E-state index in [2.05, 4.69) is 66.8 Å². The number of nitrogens with one attached hydrogen (secondary N) is 1. The number of rotatable bonds is 12. The van der Waals surface area contributed by atoms with Crippen LogP contribution in [-0.4, -0.2) is 13.7 Å². The average molecular weight is 389 g/mol. The fourth-order valence-corrected chi connectivity index (χ4v) is 4.04. The summed E-state index contributed by atoms with van der Waals surface area (Å²) in [5.41, 5.74) is 4.19. The molecule has 2 nitrogen and oxygen atoms in total. The Kier molecular flexibility index (Phi) is 8.58. The van der Waals surface area contributed by atoms with Crippen molar-refractivity contribution in [2.24, 2.45) is 0 Å². The van der Waals surface area contributed by atoms with Crippen LogP contribution < -0.4 is 10.1 Å². The summed E-state index contributed by atoms with van der Waals surface area (Å²) in [5, 5.41) is 6.28. The molecule has 0 aromatic heterocycles. The van der Waals surface area contributed by atoms with Gasteiger partial charge in [0, 0.05) is 6.54 Å². The third-order valence-corrected chi connectivity index (χ3v) is 5.61. The Labute approximate surface area is 176 Å². The molecule has 0 amide bonds. The van der Waals surface area contributed by atoms with Gasteiger partial charge in [-0.3, -0.25) is 0 Å². The van der Waals surface area contributed by atoms with Gasteiger partial charge in [0.25, 0.3) is 0 Å². The lowest BCUT2D eigenvalue weighted by atomic mass is 9.95. The molecule has 0 saturated heterocycles. The van der Waals surface area contributed by atoms with E-state index in [1.165, 1.54) is 53.1 Å². The molecule has 0 fully saturated rings. The Morgan fingerprint density at radius 1 is 0.724 bits per heavy atom. The van der Waals surface area contributed by atoms with Gasteiger partial charge in [0.2, 0.25) is 0 Å². The van der Waals surface area contributed by atoms with Crippen LogP contribution in [0.4, 0.5) is 0 Å². The Morgan fingerprint density at radius 3 is 2.07 bits per heavy atom. The van der Waals surface area contributed by atoms with E-state index in [0.717, 1.165) is 38.1 Å². The highest BCUT2D eigenvalue weighted by atomic mass is 16.5. The summed E-state index contributed by atoms with van der Waals surface area (Å²) in [5.74, 6) is 1.02. The number of benzene rings is 3. The van der Waals surface area contributed by atoms with Gasteiger partial charge in [0.1, 0.15) is 5.75 Å². The first kappa shape index (κ1) is 21.4. The number of methoxy groups -OCH3 is 1. The van der Waals surface area contributed by atoms with Crippen molar-refractivity contribution in [2.45, 2.75) is 51.5 Å². The van der Waals surface area contributed by atoms with Crippen molar-refractivity contribution in [1.29, 1.82) is 0 Å². The minimum atomic E-state index is 0.916. The van der Waals surface area contributed by atoms with Gasteiger partial charge in [-0.15, -0.1) is 0 Å². The second kappa shape index (κ2) is 11.6. The van der Waals surface area contributed by atoms with E-state index >= 15 is 0 Å². The smallest absolute Gasteiger partial charge is 0.122 e. The zero-order chi connectivity index (χ0) is 20.3. The van der Waals surface area contributed by atoms with Gasteiger partial charge >= 0.3 is 0 Å². The normalized spacial score (nSPS) is 11.1. The van der Waals surface area contributed by atoms with E-state index in [4.69, 9.17) is 4.74 Å². The van der Waals surface area contributed by atoms with Crippen LogP contribution >= 0.6 is 0 Å². The van der Waals surface area contributed by atoms with Gasteiger partial charge in [0.05, 0.1) is 7.11 Å². The number of aryl methyl sites for hydroxylation is 2. The summed E-state index contributed by atoms with van der Waals surface area (Å²) >= 11 is 0. The summed E-state index contributed by atoms with van der Waals surface area (Å²) < 4.78 is 5.46. The van der Waals surface area contributed by atoms with Crippen LogP contribution in [0.1, 0.15) is 48.8 Å². The van der Waals surface area contributed by atoms with Crippen molar-refractivity contribution in [2.75, 3.05) is 13.7 Å². The number of hydrogen-bond donors (Lipinski definition) is 1. The molecule has 0 aliphatic heterocycles. The van der Waals surface area contributed by atoms with Gasteiger partial charge in [-0.2, -0.15) is 0 Å². The first-order valence-electron chi connectivity index (χ1n) is 10.9. The molecule has 0 bridgehead atoms. The van der Waals surface area contributed by atoms with Crippen LogP contribution in [0.25, 0.3) is 10.8 Å². The molecule has 3 rings (SSSR count). The highest BCUT2D eigenvalue weighted by molar-refractivity contribution is 5.88. The second-order valence-corrected chi connectivity index (χ2v) is 7.69. The van der Waals surface area contributed by atoms with E-state index in [1.807, 2.05) is 6.07 Å². The van der Waals surface area contributed by atoms with Crippen LogP contribution in [0.15, 0.2) is 60.7 Å². The largest absolute Gasteiger partial charge is 0.496 e. The third-order valence-electron chi connectivity index (χ3n) is 5.61. The van der Waals surface area contributed by atoms with E-state index in [0.29, 0.717) is 0 Å². The lowest BCUT2D eigenvalue weighted by Gasteiger charge is -2.12. The van der Waals surface area contributed by atoms with Crippen LogP contribution in [0.5, 0.6) is 5.75 Å². The first-order chi connectivity index (χ1) is 14.3. The molecule has 1 radical (unpaired) electrons. The number of unbranched alkanes of at least 4 members (excludes halogenated alkanes) is 3. The third kappa shape index (κ3) is 6.08. The molecule has 3 aromatic rings. The molecule has 2 heteroatoms. The Morgan fingerprint density at radius 2 is 1.34 bits per heavy atom. The highest BCUT2D eigenvalue weighted by Gasteiger charge is 2.06. The molecule has 29 heavy (non-hydrogen) atoms. The Bertz CT molecular complexity index is 887. The van der Waals surface area contributed by atoms with E-state index < -0.39 is 0 Å². The molecule has 0 atom stereocenters. The Hall–Kier alpha value is -2.32. The minimum Gasteiger partial charge on any atom is -0.496 e. The summed E-state index contributed by atoms with van der Waals surface area (Å²) in [6.45, 7) is 5.78. The monoisotopic (exact) mass is 388 g/mol. The standard InChI is InChI=1S/C27H34NO/c1-3-20-28-21-24-19-18-22(25-15-9-10-16-26(24)25)12-6-4-5-7-13-23-14-8-11-17-27(23)29-2/h8-11,14-19,28H,1,3-7,12-13,20-21H2,2H3. The minimum absolute atomic E-state index is 0.916. The number of hydrogen-bond acceptors (Lipinski definition) is 2. The summed E-state index contributed by atoms with van der Waals surface area (Å²) in [6.07, 6.45) is 8.18. The molecule has 0 aliphatic rings. The van der Waals surface area contributed by atoms with E-state index in [1.54, 1.807) is 7.11 Å². The van der Waals surface area contributed by atoms with Gasteiger partial charge in [-0.05, 0) is 72.2 Å². The second-order valence-electron chi connectivity index (χ2n) is 7.69. The fourth-order valence-electron chi connectivity index (χ4n) is 4.04. The average Bonchev–Trinajstić information content (AvgIpc) is 2.77. The predicted octanol–water partition coefficient (Wildman–Crippen LogP) is 6.51. The van der Waals surface area contributed by atoms with Crippen LogP contribution in [0.2, 0.25) is 0 Å². The summed E-state index contributed by atoms with van der Waals surface area (Å²) in [7, 11) is 1.76. The predicted molar refractivity (Wildman–Crippen MR) is 124 cm³/mol. The molecule has 0 heterocycles. The van der Waals surface area contributed by atoms with Crippen molar-refractivity contribution >= 4 is 10.8 Å². The van der Waals surface area contributed by atoms with Crippen molar-refractivity contribution < 1.29 is 4.74 Å². The maximum atomic E-state index is 5.46. The zero-order valence-corrected chi connectivity index (χ0v) is 17.8. The lowest BCUT2D eigenvalue weighted by Crippen LogP contribution is -2.14. The summed E-state index contributed by atoms with van der Waals surface area (Å²) in [6, 6.07) is 21.8. The molecular weight excluding hydrogens is 354 g/mol. The van der Waals surface area contributed by atoms with Crippen LogP contribution in [-0.2, 0) is 19.4 Å². The quantitative estimate of drug-likeness (QED) is 0.357. The molecule has 0 aliphatic carbocycles. The maximum Gasteiger partial charge on any atom is 0.122 e. The SMILES string of the molecule is [CH2]CCNCc1ccc(CCCCCCc2ccccc2OC)c2ccccc12. The molecule has 0 unspecified atom stereocenters. The van der Waals surface area contributed by atoms with Crippen LogP contribution in [0.3, 0.4) is 0 Å². The van der Waals surface area contributed by atoms with Gasteiger partial charge in [-0.1, -0.05) is 74.4 Å².